The molecular weight excluding hydrogens is 330 g/mol. The molecule has 23 heavy (non-hydrogen) atoms. The van der Waals surface area contributed by atoms with Gasteiger partial charge in [-0.05, 0) is 49.9 Å². The molecule has 0 unspecified atom stereocenters. The normalized spacial score (nSPS) is 11.4. The van der Waals surface area contributed by atoms with Crippen LogP contribution in [0.2, 0.25) is 5.02 Å². The molecule has 0 radical (unpaired) electrons. The summed E-state index contributed by atoms with van der Waals surface area (Å²) in [5.74, 6) is -0.0494. The first-order valence-corrected chi connectivity index (χ1v) is 8.46. The summed E-state index contributed by atoms with van der Waals surface area (Å²) in [6.45, 7) is 9.47. The fourth-order valence-corrected chi connectivity index (χ4v) is 2.98. The Balaban J connectivity index is 2.18. The Morgan fingerprint density at radius 1 is 1.13 bits per heavy atom. The van der Waals surface area contributed by atoms with Crippen molar-refractivity contribution >= 4 is 35.0 Å². The van der Waals surface area contributed by atoms with E-state index in [4.69, 9.17) is 11.6 Å². The fourth-order valence-electron chi connectivity index (χ4n) is 1.82. The molecule has 1 aromatic carbocycles. The van der Waals surface area contributed by atoms with Crippen molar-refractivity contribution < 1.29 is 4.79 Å². The van der Waals surface area contributed by atoms with Crippen molar-refractivity contribution in [3.63, 3.8) is 0 Å². The summed E-state index contributed by atoms with van der Waals surface area (Å²) in [5, 5.41) is 4.09. The van der Waals surface area contributed by atoms with Crippen LogP contribution in [0.4, 0.5) is 5.69 Å². The topological polar surface area (TPSA) is 54.9 Å². The Hall–Kier alpha value is -1.59. The van der Waals surface area contributed by atoms with E-state index in [2.05, 4.69) is 15.3 Å². The number of amides is 1. The Bertz CT molecular complexity index is 721. The number of carbonyl (C=O) groups is 1. The second kappa shape index (κ2) is 6.89. The lowest BCUT2D eigenvalue weighted by Gasteiger charge is -2.18. The molecule has 4 nitrogen and oxygen atoms in total. The van der Waals surface area contributed by atoms with E-state index < -0.39 is 5.41 Å². The largest absolute Gasteiger partial charge is 0.326 e. The molecule has 1 heterocycles. The Morgan fingerprint density at radius 2 is 1.74 bits per heavy atom. The maximum Gasteiger partial charge on any atom is 0.229 e. The van der Waals surface area contributed by atoms with Crippen LogP contribution in [0.5, 0.6) is 0 Å². The zero-order valence-corrected chi connectivity index (χ0v) is 15.5. The molecule has 0 aliphatic rings. The molecular formula is C17H20ClN3OS. The molecule has 2 rings (SSSR count). The maximum absolute atomic E-state index is 12.0. The minimum atomic E-state index is -0.452. The molecule has 1 N–H and O–H groups in total. The lowest BCUT2D eigenvalue weighted by molar-refractivity contribution is -0.123. The molecule has 0 atom stereocenters. The van der Waals surface area contributed by atoms with E-state index in [-0.39, 0.29) is 5.91 Å². The average molecular weight is 350 g/mol. The number of aryl methyl sites for hydroxylation is 2. The third-order valence-electron chi connectivity index (χ3n) is 3.03. The van der Waals surface area contributed by atoms with Gasteiger partial charge in [0.1, 0.15) is 0 Å². The minimum absolute atomic E-state index is 0.0494. The summed E-state index contributed by atoms with van der Waals surface area (Å²) < 4.78 is 0. The summed E-state index contributed by atoms with van der Waals surface area (Å²) in [6, 6.07) is 7.37. The van der Waals surface area contributed by atoms with Crippen molar-refractivity contribution in [1.29, 1.82) is 0 Å². The van der Waals surface area contributed by atoms with E-state index in [0.29, 0.717) is 15.9 Å². The van der Waals surface area contributed by atoms with Crippen molar-refractivity contribution in [1.82, 2.24) is 9.97 Å². The number of halogens is 1. The maximum atomic E-state index is 12.0. The van der Waals surface area contributed by atoms with Crippen LogP contribution in [-0.2, 0) is 4.79 Å². The molecule has 1 aromatic heterocycles. The molecule has 6 heteroatoms. The van der Waals surface area contributed by atoms with E-state index in [9.17, 15) is 4.79 Å². The van der Waals surface area contributed by atoms with Crippen LogP contribution >= 0.6 is 23.4 Å². The fraction of sp³-hybridized carbons (Fsp3) is 0.353. The number of rotatable bonds is 3. The third-order valence-corrected chi connectivity index (χ3v) is 4.40. The molecule has 0 bridgehead atoms. The average Bonchev–Trinajstić information content (AvgIpc) is 2.39. The Morgan fingerprint density at radius 3 is 2.26 bits per heavy atom. The molecule has 1 amide bonds. The number of nitrogens with one attached hydrogen (secondary N) is 1. The first-order valence-electron chi connectivity index (χ1n) is 7.26. The molecule has 0 fully saturated rings. The standard InChI is InChI=1S/C17H20ClN3OS/c1-10-8-11(2)20-16(19-10)23-14-7-6-12(9-13(14)18)21-15(22)17(3,4)5/h6-9H,1-5H3,(H,21,22). The number of nitrogens with zero attached hydrogens (tertiary/aromatic N) is 2. The van der Waals surface area contributed by atoms with E-state index in [0.717, 1.165) is 16.3 Å². The van der Waals surface area contributed by atoms with Crippen LogP contribution in [0, 0.1) is 19.3 Å². The molecule has 0 aliphatic heterocycles. The van der Waals surface area contributed by atoms with Gasteiger partial charge in [-0.25, -0.2) is 9.97 Å². The van der Waals surface area contributed by atoms with Crippen LogP contribution in [0.1, 0.15) is 32.2 Å². The van der Waals surface area contributed by atoms with Gasteiger partial charge in [-0.3, -0.25) is 4.79 Å². The van der Waals surface area contributed by atoms with Gasteiger partial charge in [0.25, 0.3) is 0 Å². The molecule has 0 saturated heterocycles. The van der Waals surface area contributed by atoms with Crippen molar-refractivity contribution in [2.24, 2.45) is 5.41 Å². The van der Waals surface area contributed by atoms with E-state index in [1.165, 1.54) is 11.8 Å². The van der Waals surface area contributed by atoms with Gasteiger partial charge < -0.3 is 5.32 Å². The zero-order valence-electron chi connectivity index (χ0n) is 13.9. The predicted molar refractivity (Wildman–Crippen MR) is 95.2 cm³/mol. The first-order chi connectivity index (χ1) is 10.6. The quantitative estimate of drug-likeness (QED) is 0.802. The lowest BCUT2D eigenvalue weighted by atomic mass is 9.95. The molecule has 122 valence electrons. The van der Waals surface area contributed by atoms with Crippen molar-refractivity contribution in [2.45, 2.75) is 44.7 Å². The first kappa shape index (κ1) is 17.8. The monoisotopic (exact) mass is 349 g/mol. The van der Waals surface area contributed by atoms with Gasteiger partial charge in [0.2, 0.25) is 5.91 Å². The lowest BCUT2D eigenvalue weighted by Crippen LogP contribution is -2.27. The number of hydrogen-bond acceptors (Lipinski definition) is 4. The van der Waals surface area contributed by atoms with Crippen LogP contribution in [0.15, 0.2) is 34.3 Å². The second-order valence-corrected chi connectivity index (χ2v) is 7.80. The van der Waals surface area contributed by atoms with Gasteiger partial charge in [0.05, 0.1) is 5.02 Å². The summed E-state index contributed by atoms with van der Waals surface area (Å²) in [7, 11) is 0. The van der Waals surface area contributed by atoms with Crippen LogP contribution < -0.4 is 5.32 Å². The van der Waals surface area contributed by atoms with Crippen LogP contribution in [0.25, 0.3) is 0 Å². The van der Waals surface area contributed by atoms with Crippen molar-refractivity contribution in [3.8, 4) is 0 Å². The number of carbonyl (C=O) groups excluding carboxylic acids is 1. The van der Waals surface area contributed by atoms with Gasteiger partial charge in [-0.1, -0.05) is 32.4 Å². The van der Waals surface area contributed by atoms with Crippen molar-refractivity contribution in [3.05, 3.63) is 40.7 Å². The van der Waals surface area contributed by atoms with E-state index in [1.807, 2.05) is 52.8 Å². The predicted octanol–water partition coefficient (Wildman–Crippen LogP) is 4.88. The molecule has 0 saturated carbocycles. The highest BCUT2D eigenvalue weighted by atomic mass is 35.5. The summed E-state index contributed by atoms with van der Waals surface area (Å²) >= 11 is 7.74. The van der Waals surface area contributed by atoms with Crippen LogP contribution in [0.3, 0.4) is 0 Å². The second-order valence-electron chi connectivity index (χ2n) is 6.38. The number of hydrogen-bond donors (Lipinski definition) is 1. The van der Waals surface area contributed by atoms with E-state index in [1.54, 1.807) is 6.07 Å². The van der Waals surface area contributed by atoms with Gasteiger partial charge in [-0.2, -0.15) is 0 Å². The highest BCUT2D eigenvalue weighted by molar-refractivity contribution is 7.99. The van der Waals surface area contributed by atoms with Gasteiger partial charge in [0, 0.05) is 27.4 Å². The van der Waals surface area contributed by atoms with Gasteiger partial charge in [-0.15, -0.1) is 0 Å². The summed E-state index contributed by atoms with van der Waals surface area (Å²) in [4.78, 5) is 21.7. The highest BCUT2D eigenvalue weighted by Crippen LogP contribution is 2.33. The van der Waals surface area contributed by atoms with E-state index >= 15 is 0 Å². The molecule has 0 aliphatic carbocycles. The SMILES string of the molecule is Cc1cc(C)nc(Sc2ccc(NC(=O)C(C)(C)C)cc2Cl)n1. The van der Waals surface area contributed by atoms with Crippen LogP contribution in [-0.4, -0.2) is 15.9 Å². The smallest absolute Gasteiger partial charge is 0.229 e. The van der Waals surface area contributed by atoms with Gasteiger partial charge >= 0.3 is 0 Å². The minimum Gasteiger partial charge on any atom is -0.326 e. The Labute approximate surface area is 146 Å². The molecule has 0 spiro atoms. The summed E-state index contributed by atoms with van der Waals surface area (Å²) in [6.07, 6.45) is 0. The summed E-state index contributed by atoms with van der Waals surface area (Å²) in [5.41, 5.74) is 2.07. The zero-order chi connectivity index (χ0) is 17.2. The van der Waals surface area contributed by atoms with Crippen molar-refractivity contribution in [2.75, 3.05) is 5.32 Å². The van der Waals surface area contributed by atoms with Gasteiger partial charge in [0.15, 0.2) is 5.16 Å². The molecule has 2 aromatic rings. The highest BCUT2D eigenvalue weighted by Gasteiger charge is 2.21. The number of benzene rings is 1. The number of anilines is 1. The third kappa shape index (κ3) is 4.94. The number of aromatic nitrogens is 2. The Kier molecular flexibility index (Phi) is 5.32.